The van der Waals surface area contributed by atoms with E-state index in [0.717, 1.165) is 22.3 Å². The highest BCUT2D eigenvalue weighted by molar-refractivity contribution is 6.01. The number of carboxylic acids is 1. The Labute approximate surface area is 269 Å². The number of hydrogen-bond donors (Lipinski definition) is 1. The summed E-state index contributed by atoms with van der Waals surface area (Å²) in [7, 11) is 1.58. The van der Waals surface area contributed by atoms with E-state index in [0.29, 0.717) is 24.3 Å². The summed E-state index contributed by atoms with van der Waals surface area (Å²) in [6.45, 7) is 5.46. The van der Waals surface area contributed by atoms with Crippen LogP contribution >= 0.6 is 0 Å². The van der Waals surface area contributed by atoms with Crippen LogP contribution in [-0.2, 0) is 44.9 Å². The molecule has 10 nitrogen and oxygen atoms in total. The molecule has 0 aliphatic carbocycles. The van der Waals surface area contributed by atoms with Crippen LogP contribution in [0.5, 0.6) is 5.75 Å². The van der Waals surface area contributed by atoms with Crippen LogP contribution in [0.1, 0.15) is 49.4 Å². The van der Waals surface area contributed by atoms with Gasteiger partial charge in [0.25, 0.3) is 0 Å². The minimum absolute atomic E-state index is 0.175. The molecule has 5 rings (SSSR count). The molecule has 0 saturated heterocycles. The van der Waals surface area contributed by atoms with Gasteiger partial charge < -0.3 is 24.4 Å². The van der Waals surface area contributed by atoms with E-state index in [1.807, 2.05) is 66.7 Å². The number of rotatable bonds is 9. The van der Waals surface area contributed by atoms with E-state index in [-0.39, 0.29) is 38.4 Å². The number of ether oxygens (including phenoxy) is 2. The third kappa shape index (κ3) is 7.33. The first-order chi connectivity index (χ1) is 21.9. The Morgan fingerprint density at radius 3 is 2.24 bits per heavy atom. The summed E-state index contributed by atoms with van der Waals surface area (Å²) in [6, 6.07) is 21.0. The zero-order valence-corrected chi connectivity index (χ0v) is 26.8. The average molecular weight is 628 g/mol. The normalized spacial score (nSPS) is 17.1. The molecular weight excluding hydrogens is 586 g/mol. The first-order valence-electron chi connectivity index (χ1n) is 15.5. The van der Waals surface area contributed by atoms with Crippen molar-refractivity contribution in [3.05, 3.63) is 95.1 Å². The van der Waals surface area contributed by atoms with Gasteiger partial charge in [-0.15, -0.1) is 0 Å². The molecule has 1 N–H and O–H groups in total. The lowest BCUT2D eigenvalue weighted by molar-refractivity contribution is -0.145. The minimum Gasteiger partial charge on any atom is -0.496 e. The smallest absolute Gasteiger partial charge is 0.415 e. The zero-order chi connectivity index (χ0) is 33.0. The van der Waals surface area contributed by atoms with Crippen LogP contribution in [-0.4, -0.2) is 76.7 Å². The van der Waals surface area contributed by atoms with Crippen LogP contribution < -0.4 is 9.64 Å². The molecule has 2 atom stereocenters. The summed E-state index contributed by atoms with van der Waals surface area (Å²) in [5.74, 6) is -1.08. The number of anilines is 1. The number of carboxylic acid groups (broad SMARTS) is 1. The lowest BCUT2D eigenvalue weighted by Gasteiger charge is -2.38. The molecular formula is C36H41N3O7. The summed E-state index contributed by atoms with van der Waals surface area (Å²) >= 11 is 0. The number of nitrogens with zero attached hydrogens (tertiary/aromatic N) is 3. The highest BCUT2D eigenvalue weighted by Gasteiger charge is 2.43. The number of para-hydroxylation sites is 2. The quantitative estimate of drug-likeness (QED) is 0.360. The van der Waals surface area contributed by atoms with Gasteiger partial charge >= 0.3 is 12.1 Å². The van der Waals surface area contributed by atoms with Gasteiger partial charge in [0.1, 0.15) is 17.4 Å². The summed E-state index contributed by atoms with van der Waals surface area (Å²) in [6.07, 6.45) is 0.233. The maximum absolute atomic E-state index is 14.5. The molecule has 46 heavy (non-hydrogen) atoms. The van der Waals surface area contributed by atoms with E-state index in [9.17, 15) is 24.3 Å². The number of benzene rings is 3. The van der Waals surface area contributed by atoms with Gasteiger partial charge in [0.15, 0.2) is 0 Å². The fourth-order valence-electron chi connectivity index (χ4n) is 6.28. The van der Waals surface area contributed by atoms with Crippen molar-refractivity contribution in [2.45, 2.75) is 70.7 Å². The third-order valence-corrected chi connectivity index (χ3v) is 8.42. The predicted molar refractivity (Wildman–Crippen MR) is 173 cm³/mol. The van der Waals surface area contributed by atoms with Crippen LogP contribution in [0, 0.1) is 0 Å². The molecule has 10 heteroatoms. The highest BCUT2D eigenvalue weighted by Crippen LogP contribution is 2.35. The topological polar surface area (TPSA) is 117 Å². The second kappa shape index (κ2) is 13.6. The Morgan fingerprint density at radius 2 is 1.54 bits per heavy atom. The van der Waals surface area contributed by atoms with Gasteiger partial charge in [-0.25, -0.2) is 4.79 Å². The van der Waals surface area contributed by atoms with Crippen molar-refractivity contribution in [1.82, 2.24) is 9.80 Å². The van der Waals surface area contributed by atoms with Crippen molar-refractivity contribution < 1.29 is 33.8 Å². The van der Waals surface area contributed by atoms with E-state index < -0.39 is 35.7 Å². The number of carbonyl (C=O) groups excluding carboxylic acids is 3. The van der Waals surface area contributed by atoms with Crippen LogP contribution in [0.4, 0.5) is 10.5 Å². The first-order valence-corrected chi connectivity index (χ1v) is 15.5. The minimum atomic E-state index is -0.997. The van der Waals surface area contributed by atoms with E-state index in [4.69, 9.17) is 9.47 Å². The van der Waals surface area contributed by atoms with Crippen molar-refractivity contribution in [3.8, 4) is 5.75 Å². The first kappa shape index (κ1) is 32.5. The summed E-state index contributed by atoms with van der Waals surface area (Å²) in [5, 5.41) is 9.67. The van der Waals surface area contributed by atoms with Gasteiger partial charge in [0.2, 0.25) is 11.8 Å². The van der Waals surface area contributed by atoms with Crippen LogP contribution in [0.15, 0.2) is 72.8 Å². The highest BCUT2D eigenvalue weighted by atomic mass is 16.6. The van der Waals surface area contributed by atoms with Gasteiger partial charge in [-0.2, -0.15) is 0 Å². The zero-order valence-electron chi connectivity index (χ0n) is 26.8. The van der Waals surface area contributed by atoms with E-state index >= 15 is 0 Å². The van der Waals surface area contributed by atoms with E-state index in [1.165, 1.54) is 9.80 Å². The molecule has 2 aliphatic heterocycles. The Hall–Kier alpha value is -4.86. The third-order valence-electron chi connectivity index (χ3n) is 8.42. The molecule has 1 unspecified atom stereocenters. The lowest BCUT2D eigenvalue weighted by Crippen LogP contribution is -2.55. The molecule has 0 radical (unpaired) electrons. The monoisotopic (exact) mass is 627 g/mol. The average Bonchev–Trinajstić information content (AvgIpc) is 3.41. The van der Waals surface area contributed by atoms with Gasteiger partial charge in [-0.05, 0) is 68.0 Å². The predicted octanol–water partition coefficient (Wildman–Crippen LogP) is 4.86. The Morgan fingerprint density at radius 1 is 0.891 bits per heavy atom. The maximum atomic E-state index is 14.5. The van der Waals surface area contributed by atoms with Crippen molar-refractivity contribution in [2.24, 2.45) is 0 Å². The number of fused-ring (bicyclic) bond motifs is 2. The number of aliphatic carboxylic acids is 1. The number of methoxy groups -OCH3 is 1. The van der Waals surface area contributed by atoms with E-state index in [2.05, 4.69) is 0 Å². The van der Waals surface area contributed by atoms with Crippen LogP contribution in [0.2, 0.25) is 0 Å². The van der Waals surface area contributed by atoms with Crippen molar-refractivity contribution in [2.75, 3.05) is 25.1 Å². The molecule has 242 valence electrons. The standard InChI is InChI=1S/C36H41N3O7/c1-36(2,3)46-35(44)39-29-15-9-7-13-26(29)20-30(39)34(43)37(18-17-24-11-8-10-16-31(24)45-4)23-32(40)38-22-27-14-6-5-12-25(27)19-28(38)21-33(41)42/h5-16,28,30H,17-23H2,1-4H3,(H,41,42)/t28?,30-/m1/s1. The Kier molecular flexibility index (Phi) is 9.65. The van der Waals surface area contributed by atoms with Gasteiger partial charge in [-0.1, -0.05) is 60.7 Å². The molecule has 0 spiro atoms. The van der Waals surface area contributed by atoms with Gasteiger partial charge in [0.05, 0.1) is 25.8 Å². The second-order valence-corrected chi connectivity index (χ2v) is 12.8. The molecule has 3 aromatic carbocycles. The largest absolute Gasteiger partial charge is 0.496 e. The summed E-state index contributed by atoms with van der Waals surface area (Å²) < 4.78 is 11.3. The molecule has 3 amide bonds. The molecule has 2 heterocycles. The summed E-state index contributed by atoms with van der Waals surface area (Å²) in [4.78, 5) is 58.4. The Bertz CT molecular complexity index is 1610. The molecule has 0 bridgehead atoms. The van der Waals surface area contributed by atoms with Crippen molar-refractivity contribution in [3.63, 3.8) is 0 Å². The second-order valence-electron chi connectivity index (χ2n) is 12.8. The molecule has 3 aromatic rings. The van der Waals surface area contributed by atoms with Gasteiger partial charge in [0, 0.05) is 25.6 Å². The number of hydrogen-bond acceptors (Lipinski definition) is 6. The summed E-state index contributed by atoms with van der Waals surface area (Å²) in [5.41, 5.74) is 3.47. The fourth-order valence-corrected chi connectivity index (χ4v) is 6.28. The van der Waals surface area contributed by atoms with Crippen molar-refractivity contribution >= 4 is 29.6 Å². The van der Waals surface area contributed by atoms with Crippen molar-refractivity contribution in [1.29, 1.82) is 0 Å². The number of carbonyl (C=O) groups is 4. The maximum Gasteiger partial charge on any atom is 0.415 e. The van der Waals surface area contributed by atoms with Crippen LogP contribution in [0.25, 0.3) is 0 Å². The Balaban J connectivity index is 1.46. The van der Waals surface area contributed by atoms with Crippen LogP contribution in [0.3, 0.4) is 0 Å². The SMILES string of the molecule is COc1ccccc1CCN(CC(=O)N1Cc2ccccc2CC1CC(=O)O)C(=O)[C@H]1Cc2ccccc2N1C(=O)OC(C)(C)C. The lowest BCUT2D eigenvalue weighted by atomic mass is 9.92. The molecule has 0 aromatic heterocycles. The number of amides is 3. The fraction of sp³-hybridized carbons (Fsp3) is 0.389. The molecule has 0 saturated carbocycles. The molecule has 0 fully saturated rings. The molecule has 2 aliphatic rings. The van der Waals surface area contributed by atoms with E-state index in [1.54, 1.807) is 38.8 Å². The van der Waals surface area contributed by atoms with Gasteiger partial charge in [-0.3, -0.25) is 19.3 Å².